The van der Waals surface area contributed by atoms with Gasteiger partial charge in [0, 0.05) is 19.4 Å². The number of rotatable bonds is 47. The summed E-state index contributed by atoms with van der Waals surface area (Å²) < 4.78 is 13.0. The lowest BCUT2D eigenvalue weighted by molar-refractivity contribution is 0.0880. The lowest BCUT2D eigenvalue weighted by Gasteiger charge is -2.22. The summed E-state index contributed by atoms with van der Waals surface area (Å²) in [5, 5.41) is 19.1. The molecule has 1 rings (SSSR count). The Morgan fingerprint density at radius 2 is 1.08 bits per heavy atom. The number of nitrogens with zero attached hydrogens (tertiary/aromatic N) is 4. The molecule has 0 aliphatic rings. The first-order chi connectivity index (χ1) is 30.0. The summed E-state index contributed by atoms with van der Waals surface area (Å²) in [6.45, 7) is 19.8. The van der Waals surface area contributed by atoms with Gasteiger partial charge in [-0.2, -0.15) is 10.2 Å². The molecule has 0 saturated carbocycles. The Balaban J connectivity index is 2.41. The molecular formula is C53H100N6O2. The Labute approximate surface area is 378 Å². The van der Waals surface area contributed by atoms with Crippen molar-refractivity contribution < 1.29 is 9.47 Å². The smallest absolute Gasteiger partial charge is 0.243 e. The van der Waals surface area contributed by atoms with E-state index in [-0.39, 0.29) is 5.82 Å². The average molecular weight is 853 g/mol. The van der Waals surface area contributed by atoms with Gasteiger partial charge in [-0.1, -0.05) is 169 Å². The van der Waals surface area contributed by atoms with Crippen molar-refractivity contribution in [1.29, 1.82) is 5.26 Å². The minimum Gasteiger partial charge on any atom is -0.495 e. The predicted octanol–water partition coefficient (Wildman–Crippen LogP) is 16.3. The largest absolute Gasteiger partial charge is 0.495 e. The second kappa shape index (κ2) is 42.8. The van der Waals surface area contributed by atoms with E-state index >= 15 is 0 Å². The number of aromatic nitrogens is 3. The average Bonchev–Trinajstić information content (AvgIpc) is 3.74. The molecule has 2 N–H and O–H groups in total. The second-order valence-electron chi connectivity index (χ2n) is 18.1. The molecule has 8 heteroatoms. The van der Waals surface area contributed by atoms with Gasteiger partial charge in [-0.3, -0.25) is 0 Å². The molecule has 8 nitrogen and oxygen atoms in total. The molecular weight excluding hydrogens is 753 g/mol. The summed E-state index contributed by atoms with van der Waals surface area (Å²) in [4.78, 5) is 6.84. The normalized spacial score (nSPS) is 12.3. The van der Waals surface area contributed by atoms with Crippen molar-refractivity contribution in [3.63, 3.8) is 0 Å². The third kappa shape index (κ3) is 34.6. The fourth-order valence-corrected chi connectivity index (χ4v) is 8.43. The van der Waals surface area contributed by atoms with Crippen molar-refractivity contribution in [2.75, 3.05) is 31.5 Å². The third-order valence-corrected chi connectivity index (χ3v) is 12.4. The maximum atomic E-state index is 9.05. The zero-order valence-corrected chi connectivity index (χ0v) is 41.1. The number of unbranched alkanes of at least 4 members (excludes halogenated alkanes) is 23. The fourth-order valence-electron chi connectivity index (χ4n) is 8.43. The van der Waals surface area contributed by atoms with Crippen LogP contribution in [0.25, 0.3) is 0 Å². The van der Waals surface area contributed by atoms with Crippen molar-refractivity contribution >= 4 is 5.95 Å². The lowest BCUT2D eigenvalue weighted by atomic mass is 10.0. The summed E-state index contributed by atoms with van der Waals surface area (Å²) in [5.41, 5.74) is 0. The second-order valence-corrected chi connectivity index (χ2v) is 18.1. The number of aromatic amines is 1. The SMILES string of the molecule is C=C(CCCCCCCN(CCCCCCC/C(=C\C)OC(CCCCCCCC)CCCCCCCC)CCCNc1n[nH]c(C#N)n1)OC(CC)CCCCCCCC. The van der Waals surface area contributed by atoms with Crippen LogP contribution in [0.1, 0.15) is 265 Å². The van der Waals surface area contributed by atoms with Gasteiger partial charge in [-0.15, -0.1) is 5.10 Å². The molecule has 1 heterocycles. The number of H-pyrrole nitrogens is 1. The van der Waals surface area contributed by atoms with Crippen molar-refractivity contribution in [3.05, 3.63) is 30.0 Å². The molecule has 0 aliphatic heterocycles. The Kier molecular flexibility index (Phi) is 39.6. The fraction of sp³-hybridized carbons (Fsp3) is 0.868. The van der Waals surface area contributed by atoms with E-state index in [0.717, 1.165) is 57.6 Å². The zero-order chi connectivity index (χ0) is 44.3. The Morgan fingerprint density at radius 1 is 0.623 bits per heavy atom. The molecule has 1 atom stereocenters. The summed E-state index contributed by atoms with van der Waals surface area (Å²) in [7, 11) is 0. The predicted molar refractivity (Wildman–Crippen MR) is 263 cm³/mol. The van der Waals surface area contributed by atoms with Crippen LogP contribution >= 0.6 is 0 Å². The lowest BCUT2D eigenvalue weighted by Crippen LogP contribution is -2.28. The quantitative estimate of drug-likeness (QED) is 0.0498. The first-order valence-corrected chi connectivity index (χ1v) is 26.4. The highest BCUT2D eigenvalue weighted by molar-refractivity contribution is 5.25. The van der Waals surface area contributed by atoms with Gasteiger partial charge >= 0.3 is 0 Å². The Morgan fingerprint density at radius 3 is 1.57 bits per heavy atom. The summed E-state index contributed by atoms with van der Waals surface area (Å²) in [6.07, 6.45) is 47.6. The molecule has 61 heavy (non-hydrogen) atoms. The first kappa shape index (κ1) is 56.5. The highest BCUT2D eigenvalue weighted by Gasteiger charge is 2.13. The molecule has 0 aliphatic carbocycles. The first-order valence-electron chi connectivity index (χ1n) is 26.4. The van der Waals surface area contributed by atoms with Crippen LogP contribution in [0.3, 0.4) is 0 Å². The Bertz CT molecular complexity index is 1160. The topological polar surface area (TPSA) is 99.1 Å². The van der Waals surface area contributed by atoms with E-state index in [0.29, 0.717) is 18.2 Å². The molecule has 1 aromatic rings. The number of hydrogen-bond donors (Lipinski definition) is 2. The van der Waals surface area contributed by atoms with Crippen LogP contribution < -0.4 is 5.32 Å². The third-order valence-electron chi connectivity index (χ3n) is 12.4. The molecule has 0 radical (unpaired) electrons. The summed E-state index contributed by atoms with van der Waals surface area (Å²) in [5.74, 6) is 2.99. The van der Waals surface area contributed by atoms with Gasteiger partial charge in [0.15, 0.2) is 0 Å². The number of ether oxygens (including phenoxy) is 2. The minimum atomic E-state index is 0.250. The van der Waals surface area contributed by atoms with Crippen LogP contribution in [-0.4, -0.2) is 58.5 Å². The van der Waals surface area contributed by atoms with Crippen LogP contribution in [0.15, 0.2) is 24.2 Å². The van der Waals surface area contributed by atoms with E-state index in [2.05, 4.69) is 72.7 Å². The van der Waals surface area contributed by atoms with Gasteiger partial charge in [-0.25, -0.2) is 5.10 Å². The van der Waals surface area contributed by atoms with Gasteiger partial charge in [0.25, 0.3) is 0 Å². The molecule has 0 spiro atoms. The molecule has 354 valence electrons. The van der Waals surface area contributed by atoms with E-state index in [1.165, 1.54) is 205 Å². The number of anilines is 1. The van der Waals surface area contributed by atoms with Crippen molar-refractivity contribution in [2.45, 2.75) is 272 Å². The minimum absolute atomic E-state index is 0.250. The van der Waals surface area contributed by atoms with E-state index in [1.54, 1.807) is 0 Å². The number of nitriles is 1. The van der Waals surface area contributed by atoms with Crippen LogP contribution in [0.2, 0.25) is 0 Å². The van der Waals surface area contributed by atoms with E-state index in [9.17, 15) is 0 Å². The van der Waals surface area contributed by atoms with Gasteiger partial charge in [-0.05, 0) is 110 Å². The van der Waals surface area contributed by atoms with Gasteiger partial charge in [0.2, 0.25) is 11.8 Å². The molecule has 1 unspecified atom stereocenters. The van der Waals surface area contributed by atoms with Gasteiger partial charge < -0.3 is 19.7 Å². The van der Waals surface area contributed by atoms with Crippen molar-refractivity contribution in [2.24, 2.45) is 0 Å². The van der Waals surface area contributed by atoms with E-state index < -0.39 is 0 Å². The van der Waals surface area contributed by atoms with Gasteiger partial charge in [0.05, 0.1) is 23.7 Å². The molecule has 0 fully saturated rings. The van der Waals surface area contributed by atoms with Crippen LogP contribution in [0.4, 0.5) is 5.95 Å². The van der Waals surface area contributed by atoms with Crippen LogP contribution in [0.5, 0.6) is 0 Å². The molecule has 1 aromatic heterocycles. The number of nitrogens with one attached hydrogen (secondary N) is 2. The monoisotopic (exact) mass is 853 g/mol. The number of allylic oxidation sites excluding steroid dienone is 3. The van der Waals surface area contributed by atoms with Crippen molar-refractivity contribution in [3.8, 4) is 6.07 Å². The summed E-state index contributed by atoms with van der Waals surface area (Å²) in [6, 6.07) is 2.01. The van der Waals surface area contributed by atoms with Crippen molar-refractivity contribution in [1.82, 2.24) is 20.1 Å². The van der Waals surface area contributed by atoms with E-state index in [4.69, 9.17) is 14.7 Å². The number of hydrogen-bond acceptors (Lipinski definition) is 7. The highest BCUT2D eigenvalue weighted by Crippen LogP contribution is 2.23. The Hall–Kier alpha value is -2.53. The maximum Gasteiger partial charge on any atom is 0.243 e. The van der Waals surface area contributed by atoms with Crippen LogP contribution in [-0.2, 0) is 9.47 Å². The highest BCUT2D eigenvalue weighted by atomic mass is 16.5. The van der Waals surface area contributed by atoms with E-state index in [1.807, 2.05) is 6.07 Å². The van der Waals surface area contributed by atoms with Gasteiger partial charge in [0.1, 0.15) is 6.07 Å². The zero-order valence-electron chi connectivity index (χ0n) is 41.1. The van der Waals surface area contributed by atoms with Crippen LogP contribution in [0, 0.1) is 11.3 Å². The molecule has 0 saturated heterocycles. The summed E-state index contributed by atoms with van der Waals surface area (Å²) >= 11 is 0. The molecule has 0 bridgehead atoms. The maximum absolute atomic E-state index is 9.05. The standard InChI is InChI=1S/C53H100N6O2/c1-7-12-15-18-24-31-39-49(10-4)60-48(6)38-30-23-21-28-35-44-59(46-37-43-55-53-56-52(47-54)57-58-53)45-36-29-22-27-32-40-50(11-5)61-51(41-33-25-19-16-13-8-2)42-34-26-20-17-14-9-3/h11,49,51H,6-10,12-46H2,1-5H3,(H2,55,56,57,58)/b50-11+. The molecule has 0 amide bonds. The molecule has 0 aromatic carbocycles.